The van der Waals surface area contributed by atoms with Crippen molar-refractivity contribution in [2.45, 2.75) is 193 Å². The summed E-state index contributed by atoms with van der Waals surface area (Å²) in [4.78, 5) is 4.11. The number of hydrogen-bond acceptors (Lipinski definition) is 6. The Balaban J connectivity index is 0.000000187. The van der Waals surface area contributed by atoms with Crippen molar-refractivity contribution >= 4 is 131 Å². The number of rotatable bonds is 8. The van der Waals surface area contributed by atoms with Gasteiger partial charge in [0.1, 0.15) is 45.7 Å². The highest BCUT2D eigenvalue weighted by molar-refractivity contribution is 7.19. The Morgan fingerprint density at radius 3 is 1.40 bits per heavy atom. The van der Waals surface area contributed by atoms with Crippen LogP contribution in [0.3, 0.4) is 0 Å². The fourth-order valence-corrected chi connectivity index (χ4v) is 17.3. The SMILES string of the molecule is C/C=C1/C=C(C)CC(C)(C)C1.C/C=C1\C=Cc2ccc(C)cc2O1.CC=Cc1cc2ccc(C)cc2o1.CC=Cc1ccc(C)c2ccccc12.CC=Cc1ccc(C)cc1.CC=Cc1ccc(C)n1C.CC=Cc1ccc(C)o1.CC=Cc1ccc(C)s1.Cc1ccc(C=Cc2ccc(C)cc2)cc1.Cc1ccc2cc(C)n(C)c2c1.Cc1ccc2cc(C)oc2c1.Cc1ccc2cc(C)sc2c1. The van der Waals surface area contributed by atoms with E-state index in [0.29, 0.717) is 5.41 Å². The molecule has 1 aliphatic carbocycles. The molecule has 720 valence electrons. The lowest BCUT2D eigenvalue weighted by molar-refractivity contribution is 0.351. The van der Waals surface area contributed by atoms with Gasteiger partial charge in [0.15, 0.2) is 0 Å². The smallest absolute Gasteiger partial charge is 0.135 e. The van der Waals surface area contributed by atoms with E-state index >= 15 is 0 Å². The number of fused-ring (bicyclic) bond motifs is 6. The van der Waals surface area contributed by atoms with E-state index in [4.69, 9.17) is 18.0 Å². The Labute approximate surface area is 841 Å². The fraction of sp³-hybridized carbons (Fsp3) is 0.237. The van der Waals surface area contributed by atoms with Gasteiger partial charge in [-0.1, -0.05) is 284 Å². The lowest BCUT2D eigenvalue weighted by Gasteiger charge is -2.30. The predicted molar refractivity (Wildman–Crippen MR) is 618 cm³/mol. The molecular formula is C131H150N2O4S2. The van der Waals surface area contributed by atoms with Crippen LogP contribution >= 0.6 is 22.7 Å². The average Bonchev–Trinajstić information content (AvgIpc) is 1.79. The second kappa shape index (κ2) is 56.8. The number of thiophene rings is 2. The van der Waals surface area contributed by atoms with Gasteiger partial charge in [0.2, 0.25) is 0 Å². The van der Waals surface area contributed by atoms with Crippen LogP contribution in [0.2, 0.25) is 0 Å². The van der Waals surface area contributed by atoms with E-state index in [2.05, 4.69) is 469 Å². The molecule has 17 aromatic rings. The van der Waals surface area contributed by atoms with E-state index in [1.807, 2.05) is 133 Å². The quantitative estimate of drug-likeness (QED) is 0.142. The van der Waals surface area contributed by atoms with Crippen LogP contribution in [0.5, 0.6) is 5.75 Å². The van der Waals surface area contributed by atoms with Gasteiger partial charge in [0, 0.05) is 72.4 Å². The summed E-state index contributed by atoms with van der Waals surface area (Å²) < 4.78 is 27.7. The fourth-order valence-electron chi connectivity index (χ4n) is 15.5. The lowest BCUT2D eigenvalue weighted by Crippen LogP contribution is -2.16. The minimum Gasteiger partial charge on any atom is -0.462 e. The number of aromatic nitrogens is 2. The summed E-state index contributed by atoms with van der Waals surface area (Å²) in [5, 5.41) is 7.75. The molecule has 0 saturated carbocycles. The number of ether oxygens (including phenoxy) is 1. The molecule has 0 atom stereocenters. The molecule has 139 heavy (non-hydrogen) atoms. The molecule has 7 aromatic heterocycles. The predicted octanol–water partition coefficient (Wildman–Crippen LogP) is 39.9. The Morgan fingerprint density at radius 1 is 0.338 bits per heavy atom. The van der Waals surface area contributed by atoms with Gasteiger partial charge in [-0.05, 0) is 395 Å². The summed E-state index contributed by atoms with van der Waals surface area (Å²) in [6.07, 6.45) is 41.9. The number of benzene rings is 10. The topological polar surface area (TPSA) is 58.5 Å². The highest BCUT2D eigenvalue weighted by atomic mass is 32.1. The van der Waals surface area contributed by atoms with E-state index in [9.17, 15) is 0 Å². The van der Waals surface area contributed by atoms with Gasteiger partial charge >= 0.3 is 0 Å². The van der Waals surface area contributed by atoms with E-state index in [-0.39, 0.29) is 0 Å². The molecule has 0 amide bonds. The average molecular weight is 1880 g/mol. The molecule has 0 bridgehead atoms. The van der Waals surface area contributed by atoms with E-state index in [0.717, 1.165) is 51.3 Å². The third kappa shape index (κ3) is 37.6. The first-order valence-corrected chi connectivity index (χ1v) is 50.0. The molecule has 0 fully saturated rings. The van der Waals surface area contributed by atoms with Crippen molar-refractivity contribution in [2.75, 3.05) is 0 Å². The molecule has 6 nitrogen and oxygen atoms in total. The van der Waals surface area contributed by atoms with E-state index in [1.165, 1.54) is 171 Å². The maximum Gasteiger partial charge on any atom is 0.135 e. The van der Waals surface area contributed by atoms with Crippen LogP contribution in [0.15, 0.2) is 352 Å². The van der Waals surface area contributed by atoms with Crippen molar-refractivity contribution in [3.63, 3.8) is 0 Å². The van der Waals surface area contributed by atoms with Crippen molar-refractivity contribution in [3.8, 4) is 5.75 Å². The summed E-state index contributed by atoms with van der Waals surface area (Å²) >= 11 is 3.69. The molecule has 2 aliphatic rings. The van der Waals surface area contributed by atoms with Gasteiger partial charge in [0.25, 0.3) is 0 Å². The van der Waals surface area contributed by atoms with Crippen LogP contribution in [0.4, 0.5) is 0 Å². The second-order valence-corrected chi connectivity index (χ2v) is 39.0. The molecule has 0 N–H and O–H groups in total. The number of furan rings is 3. The molecule has 0 radical (unpaired) electrons. The summed E-state index contributed by atoms with van der Waals surface area (Å²) in [5.74, 6) is 5.65. The zero-order valence-corrected chi connectivity index (χ0v) is 89.7. The number of aryl methyl sites for hydroxylation is 16. The number of nitrogens with zero attached hydrogens (tertiary/aromatic N) is 2. The van der Waals surface area contributed by atoms with Crippen LogP contribution in [-0.2, 0) is 14.1 Å². The third-order valence-corrected chi connectivity index (χ3v) is 24.9. The van der Waals surface area contributed by atoms with Gasteiger partial charge in [-0.15, -0.1) is 22.7 Å². The zero-order chi connectivity index (χ0) is 101. The molecule has 19 rings (SSSR count). The van der Waals surface area contributed by atoms with E-state index in [1.54, 1.807) is 0 Å². The molecule has 0 saturated heterocycles. The highest BCUT2D eigenvalue weighted by Crippen LogP contribution is 2.38. The lowest BCUT2D eigenvalue weighted by atomic mass is 9.76. The summed E-state index contributed by atoms with van der Waals surface area (Å²) in [5.41, 5.74) is 28.5. The van der Waals surface area contributed by atoms with Crippen molar-refractivity contribution in [3.05, 3.63) is 471 Å². The normalized spacial score (nSPS) is 12.8. The van der Waals surface area contributed by atoms with E-state index < -0.39 is 0 Å². The van der Waals surface area contributed by atoms with Crippen LogP contribution < -0.4 is 4.74 Å². The van der Waals surface area contributed by atoms with Crippen LogP contribution in [0.1, 0.15) is 222 Å². The summed E-state index contributed by atoms with van der Waals surface area (Å²) in [7, 11) is 4.18. The number of allylic oxidation sites excluding steroid dienone is 12. The Kier molecular flexibility index (Phi) is 45.2. The first-order valence-electron chi connectivity index (χ1n) is 48.4. The molecular weight excluding hydrogens is 1730 g/mol. The third-order valence-electron chi connectivity index (χ3n) is 22.9. The molecule has 8 heterocycles. The van der Waals surface area contributed by atoms with Crippen molar-refractivity contribution in [2.24, 2.45) is 19.5 Å². The monoisotopic (exact) mass is 1880 g/mol. The first kappa shape index (κ1) is 111. The maximum atomic E-state index is 5.64. The summed E-state index contributed by atoms with van der Waals surface area (Å²) in [6, 6.07) is 91.3. The van der Waals surface area contributed by atoms with Crippen LogP contribution in [0, 0.1) is 109 Å². The van der Waals surface area contributed by atoms with Crippen molar-refractivity contribution in [1.82, 2.24) is 9.13 Å². The number of hydrogen-bond donors (Lipinski definition) is 0. The molecule has 1 aliphatic heterocycles. The molecule has 0 unspecified atom stereocenters. The Hall–Kier alpha value is -13.8. The Morgan fingerprint density at radius 2 is 0.863 bits per heavy atom. The first-order chi connectivity index (χ1) is 66.6. The maximum absolute atomic E-state index is 5.64. The highest BCUT2D eigenvalue weighted by Gasteiger charge is 2.23. The minimum absolute atomic E-state index is 0.487. The molecule has 0 spiro atoms. The van der Waals surface area contributed by atoms with Gasteiger partial charge in [-0.3, -0.25) is 0 Å². The van der Waals surface area contributed by atoms with Crippen molar-refractivity contribution in [1.29, 1.82) is 0 Å². The minimum atomic E-state index is 0.487. The molecule has 10 aromatic carbocycles. The summed E-state index contributed by atoms with van der Waals surface area (Å²) in [6.45, 7) is 54.4. The van der Waals surface area contributed by atoms with Gasteiger partial charge in [-0.25, -0.2) is 0 Å². The second-order valence-electron chi connectivity index (χ2n) is 36.4. The molecule has 8 heteroatoms. The van der Waals surface area contributed by atoms with Crippen LogP contribution in [-0.4, -0.2) is 9.13 Å². The largest absolute Gasteiger partial charge is 0.462 e. The van der Waals surface area contributed by atoms with Gasteiger partial charge in [-0.2, -0.15) is 0 Å². The van der Waals surface area contributed by atoms with Crippen LogP contribution in [0.25, 0.3) is 108 Å². The van der Waals surface area contributed by atoms with Gasteiger partial charge in [0.05, 0.1) is 0 Å². The van der Waals surface area contributed by atoms with Crippen molar-refractivity contribution < 1.29 is 18.0 Å². The zero-order valence-electron chi connectivity index (χ0n) is 88.1. The van der Waals surface area contributed by atoms with Gasteiger partial charge < -0.3 is 27.1 Å². The standard InChI is InChI=1S/C16H16.C14H14.2C12H12O.C11H13N.C11H18.C10H10O.C10H10S.C10H12.C9H13N.C8H10O.C8H10S/c1-13-3-7-15(8-4-13)11-12-16-9-5-14(2)6-10-16;1-3-6-12-10-9-11(2)13-7-4-5-8-14(12)13;1-3-11-7-6-10-5-4-9(2)8-12(10)13-11;1-3-4-11-8-10-6-5-9(2)7-12(10)13-11;1-8-4-5-10-7-9(2)12(3)11(10)6-8;1-5-10-6-9(2)7-11(3,4)8-10;2*1-7-3-4-9-6-8(2)11-10(9)5-7;1-3-4-10-7-5-9(2)6-8-10;1-4-5-9-7-6-8(2)10(9)3;2*1-3-4-8-6-5-7(2)9-8/h3-12H,1-2H3;3-10H,1-2H3;2*3-8H,1-2H3;4-7H,1-3H3;5-6H,7-8H2,1-4H3;2*3-6H,1-2H3;3-8H,1-2H3;4-7H,1-3H3;2*3-6H,1-2H3/b;;11-3+;;;10-5-;;;;;;. The Bertz CT molecular complexity index is 6900.